The number of nitrogens with one attached hydrogen (secondary N) is 1. The van der Waals surface area contributed by atoms with E-state index >= 15 is 0 Å². The Morgan fingerprint density at radius 3 is 2.38 bits per heavy atom. The SMILES string of the molecule is Cc1cccc(C)c1-c1cc(OC(CN)c2ccc(C(C)(C)C)cn2)nc(NSc2cccc(C(=O)O)c2)n1. The third-order valence-electron chi connectivity index (χ3n) is 6.24. The zero-order valence-electron chi connectivity index (χ0n) is 22.7. The largest absolute Gasteiger partial charge is 0.478 e. The van der Waals surface area contributed by atoms with E-state index in [9.17, 15) is 9.90 Å². The molecule has 4 rings (SSSR count). The number of carboxylic acid groups (broad SMARTS) is 1. The summed E-state index contributed by atoms with van der Waals surface area (Å²) in [4.78, 5) is 26.1. The van der Waals surface area contributed by atoms with E-state index in [1.54, 1.807) is 18.2 Å². The first-order valence-electron chi connectivity index (χ1n) is 12.6. The number of hydrogen-bond donors (Lipinski definition) is 3. The van der Waals surface area contributed by atoms with Gasteiger partial charge in [0.15, 0.2) is 6.10 Å². The van der Waals surface area contributed by atoms with Gasteiger partial charge >= 0.3 is 5.97 Å². The lowest BCUT2D eigenvalue weighted by Gasteiger charge is -2.21. The van der Waals surface area contributed by atoms with Crippen LogP contribution >= 0.6 is 11.9 Å². The third kappa shape index (κ3) is 6.93. The Balaban J connectivity index is 1.67. The molecule has 0 saturated heterocycles. The van der Waals surface area contributed by atoms with Crippen LogP contribution in [0.15, 0.2) is 71.8 Å². The van der Waals surface area contributed by atoms with Crippen molar-refractivity contribution in [2.24, 2.45) is 5.73 Å². The number of carbonyl (C=O) groups is 1. The molecule has 2 heterocycles. The van der Waals surface area contributed by atoms with Gasteiger partial charge in [-0.2, -0.15) is 4.98 Å². The maximum absolute atomic E-state index is 11.4. The number of ether oxygens (including phenoxy) is 1. The lowest BCUT2D eigenvalue weighted by Crippen LogP contribution is -2.21. The number of anilines is 1. The molecule has 9 heteroatoms. The minimum atomic E-state index is -0.988. The van der Waals surface area contributed by atoms with Crippen molar-refractivity contribution >= 4 is 23.9 Å². The quantitative estimate of drug-likeness (QED) is 0.207. The van der Waals surface area contributed by atoms with Crippen molar-refractivity contribution < 1.29 is 14.6 Å². The number of pyridine rings is 1. The molecule has 4 aromatic rings. The Morgan fingerprint density at radius 1 is 1.05 bits per heavy atom. The number of nitrogens with zero attached hydrogens (tertiary/aromatic N) is 3. The molecular formula is C30H33N5O3S. The fourth-order valence-corrected chi connectivity index (χ4v) is 4.72. The number of rotatable bonds is 9. The van der Waals surface area contributed by atoms with Crippen LogP contribution in [0.25, 0.3) is 11.3 Å². The lowest BCUT2D eigenvalue weighted by molar-refractivity contribution is 0.0696. The zero-order chi connectivity index (χ0) is 28.2. The average Bonchev–Trinajstić information content (AvgIpc) is 2.90. The first-order valence-corrected chi connectivity index (χ1v) is 13.4. The number of benzene rings is 2. The Labute approximate surface area is 233 Å². The molecule has 0 aliphatic carbocycles. The number of nitrogens with two attached hydrogens (primary N) is 1. The first kappa shape index (κ1) is 28.1. The maximum atomic E-state index is 11.4. The van der Waals surface area contributed by atoms with Crippen LogP contribution in [0, 0.1) is 13.8 Å². The van der Waals surface area contributed by atoms with Crippen molar-refractivity contribution in [3.63, 3.8) is 0 Å². The van der Waals surface area contributed by atoms with E-state index in [2.05, 4.69) is 35.5 Å². The molecule has 0 aliphatic rings. The monoisotopic (exact) mass is 543 g/mol. The molecule has 8 nitrogen and oxygen atoms in total. The summed E-state index contributed by atoms with van der Waals surface area (Å²) >= 11 is 1.22. The van der Waals surface area contributed by atoms with E-state index in [1.807, 2.05) is 62.5 Å². The van der Waals surface area contributed by atoms with Crippen LogP contribution in [0.4, 0.5) is 5.95 Å². The van der Waals surface area contributed by atoms with Gasteiger partial charge in [-0.1, -0.05) is 51.1 Å². The van der Waals surface area contributed by atoms with Crippen molar-refractivity contribution in [2.45, 2.75) is 51.0 Å². The molecule has 2 aromatic carbocycles. The van der Waals surface area contributed by atoms with Gasteiger partial charge in [0.25, 0.3) is 0 Å². The molecule has 1 unspecified atom stereocenters. The van der Waals surface area contributed by atoms with Gasteiger partial charge in [0, 0.05) is 29.3 Å². The standard InChI is InChI=1S/C30H33N5O3S/c1-18-8-6-9-19(2)27(18)24-15-26(38-25(16-31)23-13-12-21(17-32-23)30(3,4)5)34-29(33-24)35-39-22-11-7-10-20(14-22)28(36)37/h6-15,17,25H,16,31H2,1-5H3,(H,36,37)(H,33,34,35). The van der Waals surface area contributed by atoms with Crippen LogP contribution in [-0.4, -0.2) is 32.6 Å². The van der Waals surface area contributed by atoms with Crippen molar-refractivity contribution in [2.75, 3.05) is 11.3 Å². The van der Waals surface area contributed by atoms with Gasteiger partial charge in [0.05, 0.1) is 17.0 Å². The minimum Gasteiger partial charge on any atom is -0.478 e. The molecular weight excluding hydrogens is 510 g/mol. The highest BCUT2D eigenvalue weighted by molar-refractivity contribution is 8.00. The van der Waals surface area contributed by atoms with Crippen LogP contribution in [0.2, 0.25) is 0 Å². The van der Waals surface area contributed by atoms with E-state index in [4.69, 9.17) is 15.5 Å². The molecule has 0 bridgehead atoms. The molecule has 1 atom stereocenters. The summed E-state index contributed by atoms with van der Waals surface area (Å²) in [5, 5.41) is 9.32. The van der Waals surface area contributed by atoms with Crippen LogP contribution in [0.3, 0.4) is 0 Å². The molecule has 0 radical (unpaired) electrons. The molecule has 39 heavy (non-hydrogen) atoms. The highest BCUT2D eigenvalue weighted by Gasteiger charge is 2.20. The summed E-state index contributed by atoms with van der Waals surface area (Å²) in [6, 6.07) is 18.5. The van der Waals surface area contributed by atoms with Crippen molar-refractivity contribution in [1.82, 2.24) is 15.0 Å². The van der Waals surface area contributed by atoms with Crippen molar-refractivity contribution in [1.29, 1.82) is 0 Å². The second-order valence-corrected chi connectivity index (χ2v) is 11.2. The zero-order valence-corrected chi connectivity index (χ0v) is 23.5. The van der Waals surface area contributed by atoms with Gasteiger partial charge < -0.3 is 15.6 Å². The summed E-state index contributed by atoms with van der Waals surface area (Å²) in [5.41, 5.74) is 12.0. The Morgan fingerprint density at radius 2 is 1.77 bits per heavy atom. The predicted octanol–water partition coefficient (Wildman–Crippen LogP) is 6.35. The highest BCUT2D eigenvalue weighted by atomic mass is 32.2. The molecule has 0 aliphatic heterocycles. The van der Waals surface area contributed by atoms with E-state index in [1.165, 1.54) is 11.9 Å². The fraction of sp³-hybridized carbons (Fsp3) is 0.267. The first-order chi connectivity index (χ1) is 18.5. The average molecular weight is 544 g/mol. The van der Waals surface area contributed by atoms with E-state index in [0.717, 1.165) is 22.3 Å². The van der Waals surface area contributed by atoms with E-state index in [0.29, 0.717) is 28.1 Å². The van der Waals surface area contributed by atoms with Crippen molar-refractivity contribution in [3.8, 4) is 17.1 Å². The lowest BCUT2D eigenvalue weighted by atomic mass is 9.88. The predicted molar refractivity (Wildman–Crippen MR) is 155 cm³/mol. The second kappa shape index (κ2) is 11.8. The summed E-state index contributed by atoms with van der Waals surface area (Å²) < 4.78 is 9.44. The van der Waals surface area contributed by atoms with Gasteiger partial charge in [0.2, 0.25) is 11.8 Å². The van der Waals surface area contributed by atoms with E-state index < -0.39 is 12.1 Å². The summed E-state index contributed by atoms with van der Waals surface area (Å²) in [7, 11) is 0. The summed E-state index contributed by atoms with van der Waals surface area (Å²) in [5.74, 6) is -0.316. The summed E-state index contributed by atoms with van der Waals surface area (Å²) in [6.45, 7) is 10.7. The Hall–Kier alpha value is -3.95. The van der Waals surface area contributed by atoms with Crippen LogP contribution in [0.1, 0.15) is 59.6 Å². The molecule has 0 saturated carbocycles. The minimum absolute atomic E-state index is 0.0141. The van der Waals surface area contributed by atoms with Crippen LogP contribution in [0.5, 0.6) is 5.88 Å². The van der Waals surface area contributed by atoms with Gasteiger partial charge in [-0.05, 0) is 72.2 Å². The summed E-state index contributed by atoms with van der Waals surface area (Å²) in [6.07, 6.45) is 1.35. The number of aromatic nitrogens is 3. The van der Waals surface area contributed by atoms with Crippen LogP contribution in [-0.2, 0) is 5.41 Å². The normalized spacial score (nSPS) is 12.2. The van der Waals surface area contributed by atoms with Crippen LogP contribution < -0.4 is 15.2 Å². The second-order valence-electron chi connectivity index (χ2n) is 10.3. The number of aromatic carboxylic acids is 1. The van der Waals surface area contributed by atoms with Gasteiger partial charge in [-0.25, -0.2) is 9.78 Å². The van der Waals surface area contributed by atoms with E-state index in [-0.39, 0.29) is 17.5 Å². The smallest absolute Gasteiger partial charge is 0.335 e. The topological polar surface area (TPSA) is 123 Å². The fourth-order valence-electron chi connectivity index (χ4n) is 4.09. The Kier molecular flexibility index (Phi) is 8.52. The molecule has 0 fully saturated rings. The van der Waals surface area contributed by atoms with Gasteiger partial charge in [-0.15, -0.1) is 0 Å². The van der Waals surface area contributed by atoms with Gasteiger partial charge in [-0.3, -0.25) is 9.71 Å². The van der Waals surface area contributed by atoms with Gasteiger partial charge in [0.1, 0.15) is 0 Å². The Bertz CT molecular complexity index is 1450. The molecule has 0 amide bonds. The third-order valence-corrected chi connectivity index (χ3v) is 7.01. The highest BCUT2D eigenvalue weighted by Crippen LogP contribution is 2.32. The molecule has 2 aromatic heterocycles. The number of aryl methyl sites for hydroxylation is 2. The number of carboxylic acids is 1. The maximum Gasteiger partial charge on any atom is 0.335 e. The molecule has 4 N–H and O–H groups in total. The number of hydrogen-bond acceptors (Lipinski definition) is 8. The molecule has 0 spiro atoms. The van der Waals surface area contributed by atoms with Crippen molar-refractivity contribution in [3.05, 3.63) is 94.8 Å². The molecule has 202 valence electrons.